The number of ether oxygens (including phenoxy) is 2. The standard InChI is InChI=1S/C15H22N4O3/c1-21-14-5-4-13(16-17-14)19-6-2-3-12(11-19)15(20)18-7-9-22-10-8-18/h4-5,12H,2-3,6-11H2,1H3/t12-/m1/s1. The van der Waals surface area contributed by atoms with Gasteiger partial charge in [0.15, 0.2) is 5.82 Å². The van der Waals surface area contributed by atoms with E-state index in [0.29, 0.717) is 38.7 Å². The van der Waals surface area contributed by atoms with Crippen LogP contribution in [0.25, 0.3) is 0 Å². The average Bonchev–Trinajstić information content (AvgIpc) is 2.62. The van der Waals surface area contributed by atoms with Crippen LogP contribution in [-0.2, 0) is 9.53 Å². The van der Waals surface area contributed by atoms with Crippen molar-refractivity contribution in [1.29, 1.82) is 0 Å². The van der Waals surface area contributed by atoms with Crippen LogP contribution in [0.15, 0.2) is 12.1 Å². The van der Waals surface area contributed by atoms with E-state index in [-0.39, 0.29) is 11.8 Å². The van der Waals surface area contributed by atoms with Gasteiger partial charge in [0.1, 0.15) is 0 Å². The van der Waals surface area contributed by atoms with Crippen LogP contribution in [0.5, 0.6) is 5.88 Å². The number of rotatable bonds is 3. The van der Waals surface area contributed by atoms with Crippen LogP contribution < -0.4 is 9.64 Å². The monoisotopic (exact) mass is 306 g/mol. The number of nitrogens with zero attached hydrogens (tertiary/aromatic N) is 4. The molecule has 0 unspecified atom stereocenters. The van der Waals surface area contributed by atoms with Crippen molar-refractivity contribution in [1.82, 2.24) is 15.1 Å². The molecule has 0 aliphatic carbocycles. The summed E-state index contributed by atoms with van der Waals surface area (Å²) < 4.78 is 10.3. The molecular formula is C15H22N4O3. The molecule has 2 saturated heterocycles. The minimum atomic E-state index is 0.0377. The molecule has 3 rings (SSSR count). The summed E-state index contributed by atoms with van der Waals surface area (Å²) >= 11 is 0. The number of carbonyl (C=O) groups is 1. The highest BCUT2D eigenvalue weighted by atomic mass is 16.5. The predicted molar refractivity (Wildman–Crippen MR) is 80.9 cm³/mol. The molecule has 0 saturated carbocycles. The van der Waals surface area contributed by atoms with Crippen molar-refractivity contribution in [3.63, 3.8) is 0 Å². The lowest BCUT2D eigenvalue weighted by Gasteiger charge is -2.36. The van der Waals surface area contributed by atoms with E-state index < -0.39 is 0 Å². The van der Waals surface area contributed by atoms with Gasteiger partial charge in [-0.25, -0.2) is 0 Å². The van der Waals surface area contributed by atoms with Crippen molar-refractivity contribution in [2.24, 2.45) is 5.92 Å². The zero-order chi connectivity index (χ0) is 15.4. The molecule has 0 radical (unpaired) electrons. The largest absolute Gasteiger partial charge is 0.480 e. The molecule has 1 amide bonds. The van der Waals surface area contributed by atoms with Gasteiger partial charge < -0.3 is 19.3 Å². The van der Waals surface area contributed by atoms with Gasteiger partial charge in [0.2, 0.25) is 11.8 Å². The zero-order valence-electron chi connectivity index (χ0n) is 12.9. The van der Waals surface area contributed by atoms with E-state index in [1.54, 1.807) is 13.2 Å². The number of piperidine rings is 1. The molecular weight excluding hydrogens is 284 g/mol. The van der Waals surface area contributed by atoms with Gasteiger partial charge in [-0.2, -0.15) is 0 Å². The fourth-order valence-electron chi connectivity index (χ4n) is 3.02. The molecule has 1 aromatic heterocycles. The number of hydrogen-bond donors (Lipinski definition) is 0. The predicted octanol–water partition coefficient (Wildman–Crippen LogP) is 0.560. The maximum absolute atomic E-state index is 12.6. The highest BCUT2D eigenvalue weighted by molar-refractivity contribution is 5.79. The number of carbonyl (C=O) groups excluding carboxylic acids is 1. The lowest BCUT2D eigenvalue weighted by Crippen LogP contribution is -2.48. The van der Waals surface area contributed by atoms with E-state index in [2.05, 4.69) is 15.1 Å². The molecule has 0 bridgehead atoms. The molecule has 1 atom stereocenters. The van der Waals surface area contributed by atoms with E-state index in [1.165, 1.54) is 0 Å². The van der Waals surface area contributed by atoms with Crippen molar-refractivity contribution in [2.75, 3.05) is 51.4 Å². The summed E-state index contributed by atoms with van der Waals surface area (Å²) in [6.45, 7) is 4.32. The Kier molecular flexibility index (Phi) is 4.72. The van der Waals surface area contributed by atoms with Crippen molar-refractivity contribution in [3.05, 3.63) is 12.1 Å². The fraction of sp³-hybridized carbons (Fsp3) is 0.667. The summed E-state index contributed by atoms with van der Waals surface area (Å²) in [6.07, 6.45) is 1.94. The minimum absolute atomic E-state index is 0.0377. The molecule has 120 valence electrons. The summed E-state index contributed by atoms with van der Waals surface area (Å²) in [6, 6.07) is 3.70. The van der Waals surface area contributed by atoms with Gasteiger partial charge >= 0.3 is 0 Å². The van der Waals surface area contributed by atoms with Crippen molar-refractivity contribution in [3.8, 4) is 5.88 Å². The molecule has 2 aliphatic rings. The van der Waals surface area contributed by atoms with Gasteiger partial charge in [-0.3, -0.25) is 4.79 Å². The summed E-state index contributed by atoms with van der Waals surface area (Å²) in [4.78, 5) is 16.7. The quantitative estimate of drug-likeness (QED) is 0.813. The topological polar surface area (TPSA) is 67.8 Å². The zero-order valence-corrected chi connectivity index (χ0v) is 12.9. The van der Waals surface area contributed by atoms with E-state index in [1.807, 2.05) is 11.0 Å². The lowest BCUT2D eigenvalue weighted by molar-refractivity contribution is -0.139. The summed E-state index contributed by atoms with van der Waals surface area (Å²) in [7, 11) is 1.57. The number of aromatic nitrogens is 2. The second-order valence-electron chi connectivity index (χ2n) is 5.66. The van der Waals surface area contributed by atoms with Crippen LogP contribution in [0.2, 0.25) is 0 Å². The van der Waals surface area contributed by atoms with Gasteiger partial charge in [0.25, 0.3) is 0 Å². The van der Waals surface area contributed by atoms with E-state index in [4.69, 9.17) is 9.47 Å². The molecule has 7 nitrogen and oxygen atoms in total. The Hall–Kier alpha value is -1.89. The van der Waals surface area contributed by atoms with Crippen LogP contribution in [0.3, 0.4) is 0 Å². The second kappa shape index (κ2) is 6.91. The smallest absolute Gasteiger partial charge is 0.233 e. The molecule has 2 aliphatic heterocycles. The second-order valence-corrected chi connectivity index (χ2v) is 5.66. The van der Waals surface area contributed by atoms with Crippen LogP contribution in [-0.4, -0.2) is 67.5 Å². The molecule has 22 heavy (non-hydrogen) atoms. The Morgan fingerprint density at radius 2 is 2.09 bits per heavy atom. The average molecular weight is 306 g/mol. The number of morpholine rings is 1. The van der Waals surface area contributed by atoms with Crippen LogP contribution in [0.4, 0.5) is 5.82 Å². The summed E-state index contributed by atoms with van der Waals surface area (Å²) in [5, 5.41) is 8.19. The highest BCUT2D eigenvalue weighted by Crippen LogP contribution is 2.23. The van der Waals surface area contributed by atoms with Crippen molar-refractivity contribution in [2.45, 2.75) is 12.8 Å². The normalized spacial score (nSPS) is 22.5. The molecule has 2 fully saturated rings. The molecule has 0 N–H and O–H groups in total. The van der Waals surface area contributed by atoms with Crippen molar-refractivity contribution < 1.29 is 14.3 Å². The first kappa shape index (κ1) is 15.0. The maximum Gasteiger partial charge on any atom is 0.233 e. The van der Waals surface area contributed by atoms with Gasteiger partial charge in [0.05, 0.1) is 26.2 Å². The number of methoxy groups -OCH3 is 1. The van der Waals surface area contributed by atoms with Crippen LogP contribution >= 0.6 is 0 Å². The summed E-state index contributed by atoms with van der Waals surface area (Å²) in [5.74, 6) is 1.59. The van der Waals surface area contributed by atoms with E-state index in [0.717, 1.165) is 25.2 Å². The maximum atomic E-state index is 12.6. The third kappa shape index (κ3) is 3.30. The van der Waals surface area contributed by atoms with E-state index >= 15 is 0 Å². The first-order chi connectivity index (χ1) is 10.8. The molecule has 7 heteroatoms. The first-order valence-electron chi connectivity index (χ1n) is 7.77. The molecule has 0 spiro atoms. The first-order valence-corrected chi connectivity index (χ1v) is 7.77. The Morgan fingerprint density at radius 1 is 1.27 bits per heavy atom. The van der Waals surface area contributed by atoms with Crippen LogP contribution in [0.1, 0.15) is 12.8 Å². The van der Waals surface area contributed by atoms with Gasteiger partial charge in [-0.1, -0.05) is 0 Å². The van der Waals surface area contributed by atoms with E-state index in [9.17, 15) is 4.79 Å². The van der Waals surface area contributed by atoms with Crippen molar-refractivity contribution >= 4 is 11.7 Å². The number of amides is 1. The highest BCUT2D eigenvalue weighted by Gasteiger charge is 2.30. The van der Waals surface area contributed by atoms with Gasteiger partial charge in [0, 0.05) is 32.2 Å². The third-order valence-corrected chi connectivity index (χ3v) is 4.25. The van der Waals surface area contributed by atoms with Gasteiger partial charge in [-0.05, 0) is 18.9 Å². The Bertz CT molecular complexity index is 502. The Labute approximate surface area is 130 Å². The third-order valence-electron chi connectivity index (χ3n) is 4.25. The molecule has 3 heterocycles. The van der Waals surface area contributed by atoms with Crippen LogP contribution in [0, 0.1) is 5.92 Å². The lowest BCUT2D eigenvalue weighted by atomic mass is 9.96. The minimum Gasteiger partial charge on any atom is -0.480 e. The number of hydrogen-bond acceptors (Lipinski definition) is 6. The summed E-state index contributed by atoms with van der Waals surface area (Å²) in [5.41, 5.74) is 0. The van der Waals surface area contributed by atoms with Gasteiger partial charge in [-0.15, -0.1) is 10.2 Å². The molecule has 0 aromatic carbocycles. The number of anilines is 1. The fourth-order valence-corrected chi connectivity index (χ4v) is 3.02. The Morgan fingerprint density at radius 3 is 2.77 bits per heavy atom. The molecule has 1 aromatic rings. The Balaban J connectivity index is 1.64. The SMILES string of the molecule is COc1ccc(N2CCC[C@@H](C(=O)N3CCOCC3)C2)nn1.